The topological polar surface area (TPSA) is 44.1 Å². The third-order valence-electron chi connectivity index (χ3n) is 4.55. The van der Waals surface area contributed by atoms with Gasteiger partial charge in [0, 0.05) is 19.5 Å². The highest BCUT2D eigenvalue weighted by molar-refractivity contribution is 5.84. The molecule has 1 aromatic carbocycles. The lowest BCUT2D eigenvalue weighted by Gasteiger charge is -2.15. The summed E-state index contributed by atoms with van der Waals surface area (Å²) >= 11 is 0. The van der Waals surface area contributed by atoms with Crippen molar-refractivity contribution < 1.29 is 4.79 Å². The molecule has 3 nitrogen and oxygen atoms in total. The van der Waals surface area contributed by atoms with Crippen LogP contribution >= 0.6 is 0 Å². The van der Waals surface area contributed by atoms with E-state index in [4.69, 9.17) is 5.26 Å². The lowest BCUT2D eigenvalue weighted by atomic mass is 9.92. The molecule has 1 saturated carbocycles. The van der Waals surface area contributed by atoms with Gasteiger partial charge in [-0.25, -0.2) is 0 Å². The van der Waals surface area contributed by atoms with Crippen LogP contribution in [0.15, 0.2) is 24.3 Å². The number of carbonyl (C=O) groups is 1. The first-order chi connectivity index (χ1) is 9.24. The highest BCUT2D eigenvalue weighted by atomic mass is 16.2. The first kappa shape index (κ1) is 12.2. The Balaban J connectivity index is 1.74. The van der Waals surface area contributed by atoms with E-state index < -0.39 is 0 Å². The quantitative estimate of drug-likeness (QED) is 0.831. The fourth-order valence-electron chi connectivity index (χ4n) is 3.49. The normalized spacial score (nSPS) is 26.8. The van der Waals surface area contributed by atoms with Crippen molar-refractivity contribution in [3.63, 3.8) is 0 Å². The molecule has 98 valence electrons. The Bertz CT molecular complexity index is 546. The highest BCUT2D eigenvalue weighted by Crippen LogP contribution is 2.60. The van der Waals surface area contributed by atoms with E-state index in [0.29, 0.717) is 24.8 Å². The van der Waals surface area contributed by atoms with Crippen LogP contribution in [0, 0.1) is 23.2 Å². The molecule has 0 saturated heterocycles. The summed E-state index contributed by atoms with van der Waals surface area (Å²) in [5, 5.41) is 8.60. The van der Waals surface area contributed by atoms with Gasteiger partial charge in [0.1, 0.15) is 0 Å². The molecule has 1 aromatic rings. The summed E-state index contributed by atoms with van der Waals surface area (Å²) in [4.78, 5) is 14.1. The third kappa shape index (κ3) is 2.02. The summed E-state index contributed by atoms with van der Waals surface area (Å²) in [6.45, 7) is 0.549. The van der Waals surface area contributed by atoms with Gasteiger partial charge in [0.25, 0.3) is 0 Å². The highest BCUT2D eigenvalue weighted by Gasteiger charge is 2.57. The third-order valence-corrected chi connectivity index (χ3v) is 4.55. The number of hydrogen-bond donors (Lipinski definition) is 0. The van der Waals surface area contributed by atoms with Crippen LogP contribution in [0.25, 0.3) is 0 Å². The average Bonchev–Trinajstić information content (AvgIpc) is 3.18. The van der Waals surface area contributed by atoms with Crippen LogP contribution in [0.4, 0.5) is 0 Å². The Morgan fingerprint density at radius 2 is 2.26 bits per heavy atom. The second-order valence-corrected chi connectivity index (χ2v) is 5.62. The number of nitriles is 1. The monoisotopic (exact) mass is 254 g/mol. The predicted octanol–water partition coefficient (Wildman–Crippen LogP) is 2.33. The first-order valence-electron chi connectivity index (χ1n) is 6.93. The van der Waals surface area contributed by atoms with E-state index in [1.54, 1.807) is 4.90 Å². The molecule has 2 aliphatic rings. The Kier molecular flexibility index (Phi) is 3.02. The fraction of sp³-hybridized carbons (Fsp3) is 0.500. The van der Waals surface area contributed by atoms with Gasteiger partial charge < -0.3 is 4.90 Å². The summed E-state index contributed by atoms with van der Waals surface area (Å²) in [5.74, 6) is 1.35. The maximum Gasteiger partial charge on any atom is 0.226 e. The Morgan fingerprint density at radius 1 is 1.47 bits per heavy atom. The molecule has 3 heteroatoms. The summed E-state index contributed by atoms with van der Waals surface area (Å²) < 4.78 is 0. The molecule has 0 aliphatic heterocycles. The Labute approximate surface area is 113 Å². The maximum atomic E-state index is 12.4. The lowest BCUT2D eigenvalue weighted by molar-refractivity contribution is -0.131. The minimum Gasteiger partial charge on any atom is -0.344 e. The summed E-state index contributed by atoms with van der Waals surface area (Å²) in [6.07, 6.45) is 2.65. The zero-order chi connectivity index (χ0) is 13.4. The van der Waals surface area contributed by atoms with Gasteiger partial charge >= 0.3 is 0 Å². The minimum absolute atomic E-state index is 0.160. The number of rotatable bonds is 3. The van der Waals surface area contributed by atoms with E-state index >= 15 is 0 Å². The Morgan fingerprint density at radius 3 is 3.05 bits per heavy atom. The molecule has 0 N–H and O–H groups in total. The smallest absolute Gasteiger partial charge is 0.226 e. The largest absolute Gasteiger partial charge is 0.344 e. The molecular weight excluding hydrogens is 236 g/mol. The number of fused-ring (bicyclic) bond motifs is 3. The van der Waals surface area contributed by atoms with Gasteiger partial charge in [-0.15, -0.1) is 0 Å². The van der Waals surface area contributed by atoms with Crippen molar-refractivity contribution in [1.82, 2.24) is 4.90 Å². The van der Waals surface area contributed by atoms with Gasteiger partial charge in [0.2, 0.25) is 5.91 Å². The zero-order valence-corrected chi connectivity index (χ0v) is 11.2. The van der Waals surface area contributed by atoms with E-state index in [1.807, 2.05) is 7.05 Å². The molecule has 0 spiro atoms. The van der Waals surface area contributed by atoms with E-state index in [-0.39, 0.29) is 11.8 Å². The maximum absolute atomic E-state index is 12.4. The number of amides is 1. The molecule has 19 heavy (non-hydrogen) atoms. The van der Waals surface area contributed by atoms with Crippen molar-refractivity contribution in [3.05, 3.63) is 35.4 Å². The molecule has 0 bridgehead atoms. The molecule has 0 radical (unpaired) electrons. The van der Waals surface area contributed by atoms with Crippen LogP contribution < -0.4 is 0 Å². The van der Waals surface area contributed by atoms with E-state index in [9.17, 15) is 4.79 Å². The fourth-order valence-corrected chi connectivity index (χ4v) is 3.49. The van der Waals surface area contributed by atoms with Crippen LogP contribution in [0.1, 0.15) is 29.9 Å². The molecule has 2 aliphatic carbocycles. The molecule has 3 rings (SSSR count). The molecular formula is C16H18N2O. The number of benzene rings is 1. The lowest BCUT2D eigenvalue weighted by Crippen LogP contribution is -2.29. The average molecular weight is 254 g/mol. The Hall–Kier alpha value is -1.82. The van der Waals surface area contributed by atoms with Crippen LogP contribution in [0.5, 0.6) is 0 Å². The van der Waals surface area contributed by atoms with Gasteiger partial charge in [-0.3, -0.25) is 4.79 Å². The first-order valence-corrected chi connectivity index (χ1v) is 6.93. The van der Waals surface area contributed by atoms with Gasteiger partial charge in [0.05, 0.1) is 12.5 Å². The number of carbonyl (C=O) groups excluding carboxylic acids is 1. The van der Waals surface area contributed by atoms with Gasteiger partial charge in [-0.1, -0.05) is 24.3 Å². The standard InChI is InChI=1S/C16H18N2O/c1-18(10-4-9-17)16(19)15-13-8-7-11-5-2-3-6-12(11)14(13)15/h2-3,5-6,13-15H,4,7-8,10H2,1H3. The van der Waals surface area contributed by atoms with Crippen molar-refractivity contribution in [2.24, 2.45) is 11.8 Å². The van der Waals surface area contributed by atoms with Crippen LogP contribution in [0.2, 0.25) is 0 Å². The molecule has 1 amide bonds. The number of nitrogens with zero attached hydrogens (tertiary/aromatic N) is 2. The SMILES string of the molecule is CN(CCC#N)C(=O)C1C2CCc3ccccc3C21. The second-order valence-electron chi connectivity index (χ2n) is 5.62. The molecule has 0 aromatic heterocycles. The van der Waals surface area contributed by atoms with E-state index in [0.717, 1.165) is 12.8 Å². The molecule has 3 atom stereocenters. The van der Waals surface area contributed by atoms with Crippen LogP contribution in [-0.2, 0) is 11.2 Å². The van der Waals surface area contributed by atoms with Gasteiger partial charge in [0.15, 0.2) is 0 Å². The summed E-state index contributed by atoms with van der Waals surface area (Å²) in [5.41, 5.74) is 2.80. The van der Waals surface area contributed by atoms with Crippen molar-refractivity contribution >= 4 is 5.91 Å². The van der Waals surface area contributed by atoms with E-state index in [1.165, 1.54) is 11.1 Å². The molecule has 1 fully saturated rings. The summed E-state index contributed by atoms with van der Waals surface area (Å²) in [7, 11) is 1.82. The predicted molar refractivity (Wildman–Crippen MR) is 72.4 cm³/mol. The number of hydrogen-bond acceptors (Lipinski definition) is 2. The van der Waals surface area contributed by atoms with Crippen molar-refractivity contribution in [2.45, 2.75) is 25.2 Å². The van der Waals surface area contributed by atoms with Gasteiger partial charge in [-0.05, 0) is 35.8 Å². The van der Waals surface area contributed by atoms with Crippen molar-refractivity contribution in [1.29, 1.82) is 5.26 Å². The molecule has 3 unspecified atom stereocenters. The second kappa shape index (κ2) is 4.70. The van der Waals surface area contributed by atoms with Crippen molar-refractivity contribution in [3.8, 4) is 6.07 Å². The van der Waals surface area contributed by atoms with E-state index in [2.05, 4.69) is 30.3 Å². The molecule has 0 heterocycles. The van der Waals surface area contributed by atoms with Crippen LogP contribution in [0.3, 0.4) is 0 Å². The van der Waals surface area contributed by atoms with Gasteiger partial charge in [-0.2, -0.15) is 5.26 Å². The number of aryl methyl sites for hydroxylation is 1. The minimum atomic E-state index is 0.160. The van der Waals surface area contributed by atoms with Crippen LogP contribution in [-0.4, -0.2) is 24.4 Å². The van der Waals surface area contributed by atoms with Crippen molar-refractivity contribution in [2.75, 3.05) is 13.6 Å². The summed E-state index contributed by atoms with van der Waals surface area (Å²) in [6, 6.07) is 10.6. The zero-order valence-electron chi connectivity index (χ0n) is 11.2.